The fourth-order valence-electron chi connectivity index (χ4n) is 1.79. The van der Waals surface area contributed by atoms with Gasteiger partial charge in [0.2, 0.25) is 0 Å². The Labute approximate surface area is 111 Å². The highest BCUT2D eigenvalue weighted by Gasteiger charge is 2.11. The maximum atomic E-state index is 5.94. The van der Waals surface area contributed by atoms with E-state index in [2.05, 4.69) is 37.4 Å². The van der Waals surface area contributed by atoms with E-state index in [0.717, 1.165) is 18.8 Å². The Balaban J connectivity index is 2.71. The van der Waals surface area contributed by atoms with E-state index < -0.39 is 0 Å². The molecule has 0 aliphatic rings. The second-order valence-electron chi connectivity index (χ2n) is 5.82. The average Bonchev–Trinajstić information content (AvgIpc) is 2.27. The Morgan fingerprint density at radius 2 is 2.00 bits per heavy atom. The Kier molecular flexibility index (Phi) is 5.17. The Bertz CT molecular complexity index is 381. The summed E-state index contributed by atoms with van der Waals surface area (Å²) in [6.45, 7) is 9.95. The van der Waals surface area contributed by atoms with Crippen molar-refractivity contribution in [3.05, 3.63) is 29.3 Å². The number of nitrogens with one attached hydrogen (secondary N) is 1. The van der Waals surface area contributed by atoms with Crippen LogP contribution in [0.4, 0.5) is 0 Å². The molecule has 1 aromatic carbocycles. The summed E-state index contributed by atoms with van der Waals surface area (Å²) in [5.74, 6) is 1.47. The van der Waals surface area contributed by atoms with E-state index in [4.69, 9.17) is 10.5 Å². The van der Waals surface area contributed by atoms with Gasteiger partial charge in [0.15, 0.2) is 0 Å². The number of methoxy groups -OCH3 is 1. The normalized spacial score (nSPS) is 11.9. The molecule has 0 spiro atoms. The summed E-state index contributed by atoms with van der Waals surface area (Å²) in [6.07, 6.45) is 0. The number of ether oxygens (including phenoxy) is 1. The van der Waals surface area contributed by atoms with Gasteiger partial charge < -0.3 is 15.8 Å². The quantitative estimate of drug-likeness (QED) is 0.816. The van der Waals surface area contributed by atoms with Gasteiger partial charge in [-0.1, -0.05) is 26.0 Å². The minimum Gasteiger partial charge on any atom is -0.496 e. The van der Waals surface area contributed by atoms with Crippen molar-refractivity contribution < 1.29 is 4.74 Å². The van der Waals surface area contributed by atoms with Crippen molar-refractivity contribution in [2.75, 3.05) is 13.7 Å². The lowest BCUT2D eigenvalue weighted by Gasteiger charge is -2.20. The molecule has 1 rings (SSSR count). The van der Waals surface area contributed by atoms with Crippen molar-refractivity contribution in [1.82, 2.24) is 5.32 Å². The second kappa shape index (κ2) is 6.21. The van der Waals surface area contributed by atoms with Crippen LogP contribution in [0.5, 0.6) is 5.75 Å². The molecular weight excluding hydrogens is 224 g/mol. The molecule has 0 aromatic heterocycles. The molecule has 0 amide bonds. The van der Waals surface area contributed by atoms with E-state index in [0.29, 0.717) is 5.92 Å². The average molecular weight is 250 g/mol. The molecule has 0 saturated heterocycles. The molecule has 0 fully saturated rings. The van der Waals surface area contributed by atoms with Crippen molar-refractivity contribution in [2.24, 2.45) is 5.73 Å². The first-order chi connectivity index (χ1) is 8.33. The van der Waals surface area contributed by atoms with Gasteiger partial charge in [-0.2, -0.15) is 0 Å². The third-order valence-corrected chi connectivity index (χ3v) is 2.87. The van der Waals surface area contributed by atoms with Crippen LogP contribution in [0.3, 0.4) is 0 Å². The van der Waals surface area contributed by atoms with Crippen LogP contribution in [0.1, 0.15) is 44.7 Å². The fourth-order valence-corrected chi connectivity index (χ4v) is 1.79. The molecule has 102 valence electrons. The number of benzene rings is 1. The largest absolute Gasteiger partial charge is 0.496 e. The summed E-state index contributed by atoms with van der Waals surface area (Å²) in [4.78, 5) is 0. The molecule has 0 atom stereocenters. The molecule has 0 saturated carbocycles. The Morgan fingerprint density at radius 1 is 1.33 bits per heavy atom. The highest BCUT2D eigenvalue weighted by molar-refractivity contribution is 5.38. The maximum Gasteiger partial charge on any atom is 0.123 e. The third-order valence-electron chi connectivity index (χ3n) is 2.87. The van der Waals surface area contributed by atoms with Crippen LogP contribution < -0.4 is 15.8 Å². The maximum absolute atomic E-state index is 5.94. The molecule has 0 radical (unpaired) electrons. The number of hydrogen-bond donors (Lipinski definition) is 2. The molecule has 18 heavy (non-hydrogen) atoms. The van der Waals surface area contributed by atoms with E-state index in [-0.39, 0.29) is 5.54 Å². The van der Waals surface area contributed by atoms with Gasteiger partial charge in [0.05, 0.1) is 7.11 Å². The molecule has 3 heteroatoms. The number of nitrogens with two attached hydrogens (primary N) is 1. The zero-order chi connectivity index (χ0) is 13.8. The van der Waals surface area contributed by atoms with Gasteiger partial charge in [0, 0.05) is 24.2 Å². The van der Waals surface area contributed by atoms with Crippen LogP contribution in [-0.4, -0.2) is 19.2 Å². The molecule has 0 bridgehead atoms. The zero-order valence-corrected chi connectivity index (χ0v) is 12.2. The zero-order valence-electron chi connectivity index (χ0n) is 12.2. The number of hydrogen-bond acceptors (Lipinski definition) is 3. The lowest BCUT2D eigenvalue weighted by Crippen LogP contribution is -2.42. The molecule has 0 unspecified atom stereocenters. The summed E-state index contributed by atoms with van der Waals surface area (Å²) >= 11 is 0. The van der Waals surface area contributed by atoms with Crippen molar-refractivity contribution >= 4 is 0 Å². The molecule has 0 aliphatic heterocycles. The van der Waals surface area contributed by atoms with Crippen molar-refractivity contribution in [3.8, 4) is 5.75 Å². The molecule has 1 aromatic rings. The monoisotopic (exact) mass is 250 g/mol. The molecule has 0 heterocycles. The topological polar surface area (TPSA) is 47.3 Å². The van der Waals surface area contributed by atoms with Crippen molar-refractivity contribution in [1.29, 1.82) is 0 Å². The standard InChI is InChI=1S/C15H26N2O/c1-11(2)12-6-7-13(14(8-12)18-5)9-17-10-15(3,4)16/h6-8,11,17H,9-10,16H2,1-5H3. The summed E-state index contributed by atoms with van der Waals surface area (Å²) in [6, 6.07) is 6.41. The SMILES string of the molecule is COc1cc(C(C)C)ccc1CNCC(C)(C)N. The van der Waals surface area contributed by atoms with Crippen molar-refractivity contribution in [3.63, 3.8) is 0 Å². The third kappa shape index (κ3) is 4.67. The van der Waals surface area contributed by atoms with E-state index in [1.807, 2.05) is 13.8 Å². The smallest absolute Gasteiger partial charge is 0.123 e. The second-order valence-corrected chi connectivity index (χ2v) is 5.82. The van der Waals surface area contributed by atoms with Gasteiger partial charge in [-0.05, 0) is 31.4 Å². The van der Waals surface area contributed by atoms with Gasteiger partial charge in [0.25, 0.3) is 0 Å². The first kappa shape index (κ1) is 15.0. The van der Waals surface area contributed by atoms with E-state index in [1.165, 1.54) is 11.1 Å². The first-order valence-corrected chi connectivity index (χ1v) is 6.50. The Hall–Kier alpha value is -1.06. The van der Waals surface area contributed by atoms with Crippen molar-refractivity contribution in [2.45, 2.75) is 45.7 Å². The fraction of sp³-hybridized carbons (Fsp3) is 0.600. The van der Waals surface area contributed by atoms with Gasteiger partial charge in [0.1, 0.15) is 5.75 Å². The molecule has 3 nitrogen and oxygen atoms in total. The van der Waals surface area contributed by atoms with Crippen LogP contribution >= 0.6 is 0 Å². The van der Waals surface area contributed by atoms with Crippen LogP contribution in [0.2, 0.25) is 0 Å². The predicted molar refractivity (Wildman–Crippen MR) is 77.1 cm³/mol. The van der Waals surface area contributed by atoms with E-state index in [9.17, 15) is 0 Å². The Morgan fingerprint density at radius 3 is 2.50 bits per heavy atom. The summed E-state index contributed by atoms with van der Waals surface area (Å²) in [5, 5.41) is 3.36. The minimum absolute atomic E-state index is 0.189. The molecule has 3 N–H and O–H groups in total. The predicted octanol–water partition coefficient (Wildman–Crippen LogP) is 2.65. The lowest BCUT2D eigenvalue weighted by molar-refractivity contribution is 0.403. The van der Waals surface area contributed by atoms with Crippen LogP contribution in [0, 0.1) is 0 Å². The van der Waals surface area contributed by atoms with Gasteiger partial charge >= 0.3 is 0 Å². The van der Waals surface area contributed by atoms with Crippen LogP contribution in [0.15, 0.2) is 18.2 Å². The molecular formula is C15H26N2O. The minimum atomic E-state index is -0.189. The first-order valence-electron chi connectivity index (χ1n) is 6.50. The van der Waals surface area contributed by atoms with Crippen LogP contribution in [0.25, 0.3) is 0 Å². The summed E-state index contributed by atoms with van der Waals surface area (Å²) in [5.41, 5.74) is 8.22. The van der Waals surface area contributed by atoms with Gasteiger partial charge in [-0.15, -0.1) is 0 Å². The van der Waals surface area contributed by atoms with Crippen LogP contribution in [-0.2, 0) is 6.54 Å². The number of rotatable bonds is 6. The van der Waals surface area contributed by atoms with E-state index >= 15 is 0 Å². The van der Waals surface area contributed by atoms with E-state index in [1.54, 1.807) is 7.11 Å². The highest BCUT2D eigenvalue weighted by atomic mass is 16.5. The van der Waals surface area contributed by atoms with Gasteiger partial charge in [-0.3, -0.25) is 0 Å². The van der Waals surface area contributed by atoms with Gasteiger partial charge in [-0.25, -0.2) is 0 Å². The highest BCUT2D eigenvalue weighted by Crippen LogP contribution is 2.24. The summed E-state index contributed by atoms with van der Waals surface area (Å²) in [7, 11) is 1.72. The lowest BCUT2D eigenvalue weighted by atomic mass is 10.0. The summed E-state index contributed by atoms with van der Waals surface area (Å²) < 4.78 is 5.45. The molecule has 0 aliphatic carbocycles.